The highest BCUT2D eigenvalue weighted by Gasteiger charge is 2.14. The first-order chi connectivity index (χ1) is 12.5. The minimum absolute atomic E-state index is 0.0105. The van der Waals surface area contributed by atoms with Gasteiger partial charge in [0.25, 0.3) is 5.91 Å². The molecule has 7 heteroatoms. The molecule has 5 nitrogen and oxygen atoms in total. The second-order valence-corrected chi connectivity index (χ2v) is 5.90. The van der Waals surface area contributed by atoms with E-state index >= 15 is 0 Å². The van der Waals surface area contributed by atoms with E-state index in [-0.39, 0.29) is 29.6 Å². The van der Waals surface area contributed by atoms with Crippen molar-refractivity contribution in [1.82, 2.24) is 9.97 Å². The lowest BCUT2D eigenvalue weighted by Gasteiger charge is -2.11. The zero-order chi connectivity index (χ0) is 18.5. The van der Waals surface area contributed by atoms with Crippen molar-refractivity contribution in [3.63, 3.8) is 0 Å². The van der Waals surface area contributed by atoms with Gasteiger partial charge in [0.15, 0.2) is 16.7 Å². The summed E-state index contributed by atoms with van der Waals surface area (Å²) in [6.07, 6.45) is 1.33. The quantitative estimate of drug-likeness (QED) is 0.718. The largest absolute Gasteiger partial charge is 0.486 e. The number of hydrogen-bond acceptors (Lipinski definition) is 4. The van der Waals surface area contributed by atoms with Crippen LogP contribution in [-0.2, 0) is 13.0 Å². The van der Waals surface area contributed by atoms with Gasteiger partial charge in [-0.25, -0.2) is 9.37 Å². The Kier molecular flexibility index (Phi) is 5.43. The minimum Gasteiger partial charge on any atom is -0.486 e. The van der Waals surface area contributed by atoms with Gasteiger partial charge in [-0.1, -0.05) is 54.1 Å². The lowest BCUT2D eigenvalue weighted by molar-refractivity contribution is 0.0995. The Hall–Kier alpha value is -2.99. The van der Waals surface area contributed by atoms with Gasteiger partial charge < -0.3 is 10.5 Å². The van der Waals surface area contributed by atoms with Crippen LogP contribution in [0.1, 0.15) is 27.3 Å². The zero-order valence-electron chi connectivity index (χ0n) is 13.7. The zero-order valence-corrected chi connectivity index (χ0v) is 14.4. The molecular weight excluding hydrogens is 357 g/mol. The Bertz CT molecular complexity index is 935. The summed E-state index contributed by atoms with van der Waals surface area (Å²) in [5.74, 6) is -1.07. The van der Waals surface area contributed by atoms with E-state index in [0.717, 1.165) is 5.56 Å². The van der Waals surface area contributed by atoms with E-state index in [1.807, 2.05) is 30.3 Å². The molecule has 0 saturated heterocycles. The fourth-order valence-corrected chi connectivity index (χ4v) is 2.56. The number of rotatable bonds is 6. The third-order valence-electron chi connectivity index (χ3n) is 3.69. The maximum atomic E-state index is 14.7. The number of nitrogens with zero attached hydrogens (tertiary/aromatic N) is 2. The first-order valence-electron chi connectivity index (χ1n) is 7.80. The number of carbonyl (C=O) groups is 1. The first kappa shape index (κ1) is 17.8. The number of primary amides is 1. The summed E-state index contributed by atoms with van der Waals surface area (Å²) >= 11 is 6.02. The number of nitrogens with two attached hydrogens (primary N) is 1. The molecule has 0 unspecified atom stereocenters. The fraction of sp³-hybridized carbons (Fsp3) is 0.105. The van der Waals surface area contributed by atoms with Crippen LogP contribution < -0.4 is 10.5 Å². The number of ether oxygens (including phenoxy) is 1. The van der Waals surface area contributed by atoms with Crippen LogP contribution in [0.3, 0.4) is 0 Å². The molecule has 1 aromatic heterocycles. The highest BCUT2D eigenvalue weighted by Crippen LogP contribution is 2.25. The number of benzene rings is 2. The molecular formula is C19H15ClFN3O2. The molecule has 1 amide bonds. The van der Waals surface area contributed by atoms with Crippen LogP contribution in [0.2, 0.25) is 5.15 Å². The summed E-state index contributed by atoms with van der Waals surface area (Å²) in [6.45, 7) is 0.259. The molecule has 0 radical (unpaired) electrons. The molecule has 2 N–H and O–H groups in total. The van der Waals surface area contributed by atoms with Gasteiger partial charge in [0.05, 0.1) is 11.9 Å². The molecule has 0 bridgehead atoms. The van der Waals surface area contributed by atoms with E-state index in [2.05, 4.69) is 9.97 Å². The number of aromatic nitrogens is 2. The molecule has 1 heterocycles. The van der Waals surface area contributed by atoms with Crippen molar-refractivity contribution in [3.8, 4) is 5.75 Å². The molecule has 26 heavy (non-hydrogen) atoms. The van der Waals surface area contributed by atoms with Crippen LogP contribution in [0.4, 0.5) is 4.39 Å². The molecule has 3 aromatic rings. The van der Waals surface area contributed by atoms with Gasteiger partial charge in [-0.2, -0.15) is 0 Å². The summed E-state index contributed by atoms with van der Waals surface area (Å²) in [4.78, 5) is 19.0. The predicted molar refractivity (Wildman–Crippen MR) is 95.5 cm³/mol. The number of halogens is 2. The summed E-state index contributed by atoms with van der Waals surface area (Å²) in [7, 11) is 0. The van der Waals surface area contributed by atoms with Crippen molar-refractivity contribution in [2.24, 2.45) is 5.73 Å². The van der Waals surface area contributed by atoms with E-state index < -0.39 is 11.7 Å². The topological polar surface area (TPSA) is 78.1 Å². The Morgan fingerprint density at radius 1 is 1.15 bits per heavy atom. The van der Waals surface area contributed by atoms with E-state index in [4.69, 9.17) is 22.1 Å². The Morgan fingerprint density at radius 3 is 2.62 bits per heavy atom. The van der Waals surface area contributed by atoms with Crippen LogP contribution in [0.5, 0.6) is 5.75 Å². The van der Waals surface area contributed by atoms with Gasteiger partial charge in [-0.3, -0.25) is 9.78 Å². The van der Waals surface area contributed by atoms with Crippen LogP contribution >= 0.6 is 11.6 Å². The lowest BCUT2D eigenvalue weighted by atomic mass is 10.1. The van der Waals surface area contributed by atoms with Crippen molar-refractivity contribution in [1.29, 1.82) is 0 Å². The number of carbonyl (C=O) groups excluding carboxylic acids is 1. The van der Waals surface area contributed by atoms with E-state index in [1.165, 1.54) is 6.20 Å². The molecule has 0 fully saturated rings. The molecule has 0 spiro atoms. The average Bonchev–Trinajstić information content (AvgIpc) is 2.64. The smallest absolute Gasteiger partial charge is 0.268 e. The number of amides is 1. The molecule has 0 aliphatic rings. The molecule has 0 atom stereocenters. The van der Waals surface area contributed by atoms with Gasteiger partial charge in [0, 0.05) is 6.42 Å². The maximum absolute atomic E-state index is 14.7. The fourth-order valence-electron chi connectivity index (χ4n) is 2.35. The Morgan fingerprint density at radius 2 is 1.92 bits per heavy atom. The van der Waals surface area contributed by atoms with E-state index in [0.29, 0.717) is 11.3 Å². The highest BCUT2D eigenvalue weighted by atomic mass is 35.5. The highest BCUT2D eigenvalue weighted by molar-refractivity contribution is 6.30. The maximum Gasteiger partial charge on any atom is 0.268 e. The van der Waals surface area contributed by atoms with Crippen LogP contribution in [0.25, 0.3) is 0 Å². The normalized spacial score (nSPS) is 10.5. The lowest BCUT2D eigenvalue weighted by Crippen LogP contribution is -2.14. The second-order valence-electron chi connectivity index (χ2n) is 5.54. The molecule has 0 aliphatic carbocycles. The first-order valence-corrected chi connectivity index (χ1v) is 8.17. The third-order valence-corrected chi connectivity index (χ3v) is 3.99. The van der Waals surface area contributed by atoms with Crippen LogP contribution in [-0.4, -0.2) is 15.9 Å². The van der Waals surface area contributed by atoms with Crippen molar-refractivity contribution in [2.45, 2.75) is 13.0 Å². The molecule has 0 aliphatic heterocycles. The summed E-state index contributed by atoms with van der Waals surface area (Å²) in [5.41, 5.74) is 6.73. The number of hydrogen-bond donors (Lipinski definition) is 1. The van der Waals surface area contributed by atoms with Gasteiger partial charge in [0.1, 0.15) is 12.3 Å². The molecule has 2 aromatic carbocycles. The van der Waals surface area contributed by atoms with Gasteiger partial charge >= 0.3 is 0 Å². The van der Waals surface area contributed by atoms with Crippen LogP contribution in [0, 0.1) is 5.82 Å². The van der Waals surface area contributed by atoms with Crippen LogP contribution in [0.15, 0.2) is 54.7 Å². The summed E-state index contributed by atoms with van der Waals surface area (Å²) in [5, 5.41) is 0.0105. The van der Waals surface area contributed by atoms with Crippen molar-refractivity contribution >= 4 is 17.5 Å². The Balaban J connectivity index is 1.78. The van der Waals surface area contributed by atoms with E-state index in [1.54, 1.807) is 18.2 Å². The predicted octanol–water partition coefficient (Wildman–Crippen LogP) is 3.54. The van der Waals surface area contributed by atoms with Crippen molar-refractivity contribution < 1.29 is 13.9 Å². The molecule has 3 rings (SSSR count). The minimum atomic E-state index is -0.728. The summed E-state index contributed by atoms with van der Waals surface area (Å²) < 4.78 is 20.3. The van der Waals surface area contributed by atoms with Crippen molar-refractivity contribution in [2.75, 3.05) is 0 Å². The third kappa shape index (κ3) is 4.15. The van der Waals surface area contributed by atoms with E-state index in [9.17, 15) is 9.18 Å². The molecule has 0 saturated carbocycles. The average molecular weight is 372 g/mol. The standard InChI is InChI=1S/C19H15ClFN3O2/c20-18-14(23-10-15(24-18)19(22)25)9-13-7-4-8-16(17(13)21)26-11-12-5-2-1-3-6-12/h1-8,10H,9,11H2,(H2,22,25). The Labute approximate surface area is 154 Å². The molecule has 132 valence electrons. The van der Waals surface area contributed by atoms with Gasteiger partial charge in [-0.05, 0) is 17.2 Å². The second kappa shape index (κ2) is 7.93. The van der Waals surface area contributed by atoms with Gasteiger partial charge in [0.2, 0.25) is 0 Å². The monoisotopic (exact) mass is 371 g/mol. The van der Waals surface area contributed by atoms with Crippen molar-refractivity contribution in [3.05, 3.63) is 88.2 Å². The summed E-state index contributed by atoms with van der Waals surface area (Å²) in [6, 6.07) is 14.4. The van der Waals surface area contributed by atoms with Gasteiger partial charge in [-0.15, -0.1) is 0 Å². The SMILES string of the molecule is NC(=O)c1cnc(Cc2cccc(OCc3ccccc3)c2F)c(Cl)n1.